The summed E-state index contributed by atoms with van der Waals surface area (Å²) in [6.45, 7) is -0.0652. The van der Waals surface area contributed by atoms with Gasteiger partial charge in [0.15, 0.2) is 0 Å². The minimum Gasteiger partial charge on any atom is -0.478 e. The molecule has 0 aliphatic rings. The zero-order valence-electron chi connectivity index (χ0n) is 12.0. The van der Waals surface area contributed by atoms with E-state index in [0.717, 1.165) is 16.3 Å². The number of carboxylic acids is 1. The topological polar surface area (TPSA) is 83.3 Å². The van der Waals surface area contributed by atoms with Crippen molar-refractivity contribution in [3.05, 3.63) is 59.7 Å². The van der Waals surface area contributed by atoms with Gasteiger partial charge in [0, 0.05) is 5.39 Å². The second-order valence-corrected chi connectivity index (χ2v) is 5.31. The molecule has 0 amide bonds. The highest BCUT2D eigenvalue weighted by molar-refractivity contribution is 6.09. The quantitative estimate of drug-likeness (QED) is 0.439. The van der Waals surface area contributed by atoms with Crippen LogP contribution < -0.4 is 0 Å². The average Bonchev–Trinajstić information content (AvgIpc) is 2.58. The normalized spacial score (nSPS) is 11.3. The standard InChI is InChI=1S/C18H12N2O3/c21-9-10-3-1-4-12-11(10)7-8-15-16(12)20-17-13(18(22)23)5-2-6-14(17)19-15/h1-8,21H,9H2,(H,22,23). The molecule has 1 aromatic heterocycles. The smallest absolute Gasteiger partial charge is 0.337 e. The molecule has 0 unspecified atom stereocenters. The average molecular weight is 304 g/mol. The van der Waals surface area contributed by atoms with Crippen LogP contribution in [0.5, 0.6) is 0 Å². The van der Waals surface area contributed by atoms with Gasteiger partial charge in [-0.25, -0.2) is 14.8 Å². The predicted octanol–water partition coefficient (Wildman–Crippen LogP) is 3.13. The Morgan fingerprint density at radius 1 is 0.870 bits per heavy atom. The molecule has 0 radical (unpaired) electrons. The number of rotatable bonds is 2. The Labute approximate surface area is 130 Å². The van der Waals surface area contributed by atoms with E-state index in [9.17, 15) is 15.0 Å². The molecule has 2 N–H and O–H groups in total. The molecule has 3 aromatic carbocycles. The summed E-state index contributed by atoms with van der Waals surface area (Å²) < 4.78 is 0. The van der Waals surface area contributed by atoms with Crippen molar-refractivity contribution >= 4 is 38.8 Å². The lowest BCUT2D eigenvalue weighted by molar-refractivity contribution is 0.0699. The lowest BCUT2D eigenvalue weighted by atomic mass is 10.0. The van der Waals surface area contributed by atoms with Crippen molar-refractivity contribution in [2.45, 2.75) is 6.61 Å². The van der Waals surface area contributed by atoms with Gasteiger partial charge in [0.05, 0.1) is 28.7 Å². The van der Waals surface area contributed by atoms with E-state index in [1.54, 1.807) is 12.1 Å². The summed E-state index contributed by atoms with van der Waals surface area (Å²) in [4.78, 5) is 20.5. The first-order valence-corrected chi connectivity index (χ1v) is 7.14. The van der Waals surface area contributed by atoms with Crippen molar-refractivity contribution in [2.24, 2.45) is 0 Å². The third kappa shape index (κ3) is 2.02. The largest absolute Gasteiger partial charge is 0.478 e. The van der Waals surface area contributed by atoms with Gasteiger partial charge in [-0.2, -0.15) is 0 Å². The summed E-state index contributed by atoms with van der Waals surface area (Å²) in [5, 5.41) is 20.6. The minimum absolute atomic E-state index is 0.0652. The Morgan fingerprint density at radius 2 is 1.65 bits per heavy atom. The zero-order chi connectivity index (χ0) is 16.0. The van der Waals surface area contributed by atoms with Gasteiger partial charge >= 0.3 is 5.97 Å². The van der Waals surface area contributed by atoms with Gasteiger partial charge in [0.2, 0.25) is 0 Å². The van der Waals surface area contributed by atoms with Crippen molar-refractivity contribution in [3.8, 4) is 0 Å². The maximum absolute atomic E-state index is 11.4. The molecule has 0 aliphatic carbocycles. The van der Waals surface area contributed by atoms with E-state index in [-0.39, 0.29) is 12.2 Å². The Bertz CT molecular complexity index is 1090. The molecule has 0 saturated heterocycles. The van der Waals surface area contributed by atoms with Crippen LogP contribution in [-0.4, -0.2) is 26.2 Å². The predicted molar refractivity (Wildman–Crippen MR) is 87.4 cm³/mol. The molecule has 0 atom stereocenters. The lowest BCUT2D eigenvalue weighted by Gasteiger charge is -2.08. The van der Waals surface area contributed by atoms with Crippen LogP contribution in [0.25, 0.3) is 32.8 Å². The Morgan fingerprint density at radius 3 is 2.43 bits per heavy atom. The Kier molecular flexibility index (Phi) is 2.96. The molecule has 5 heteroatoms. The van der Waals surface area contributed by atoms with E-state index in [2.05, 4.69) is 9.97 Å². The lowest BCUT2D eigenvalue weighted by Crippen LogP contribution is -2.00. The highest BCUT2D eigenvalue weighted by Crippen LogP contribution is 2.28. The van der Waals surface area contributed by atoms with Crippen molar-refractivity contribution in [1.29, 1.82) is 0 Å². The highest BCUT2D eigenvalue weighted by Gasteiger charge is 2.13. The monoisotopic (exact) mass is 304 g/mol. The first-order chi connectivity index (χ1) is 11.2. The number of carbonyl (C=O) groups is 1. The summed E-state index contributed by atoms with van der Waals surface area (Å²) in [7, 11) is 0. The third-order valence-corrected chi connectivity index (χ3v) is 3.98. The van der Waals surface area contributed by atoms with Crippen LogP contribution in [0, 0.1) is 0 Å². The number of aromatic carboxylic acids is 1. The number of hydrogen-bond acceptors (Lipinski definition) is 4. The number of fused-ring (bicyclic) bond motifs is 4. The highest BCUT2D eigenvalue weighted by atomic mass is 16.4. The fourth-order valence-corrected chi connectivity index (χ4v) is 2.89. The van der Waals surface area contributed by atoms with E-state index in [4.69, 9.17) is 0 Å². The second-order valence-electron chi connectivity index (χ2n) is 5.31. The summed E-state index contributed by atoms with van der Waals surface area (Å²) in [6.07, 6.45) is 0. The fraction of sp³-hybridized carbons (Fsp3) is 0.0556. The first kappa shape index (κ1) is 13.6. The number of carboxylic acid groups (broad SMARTS) is 1. The van der Waals surface area contributed by atoms with Gasteiger partial charge in [-0.15, -0.1) is 0 Å². The maximum atomic E-state index is 11.4. The zero-order valence-corrected chi connectivity index (χ0v) is 12.0. The Hall–Kier alpha value is -3.05. The SMILES string of the molecule is O=C(O)c1cccc2nc3ccc4c(CO)cccc4c3nc12. The first-order valence-electron chi connectivity index (χ1n) is 7.14. The molecule has 0 fully saturated rings. The molecule has 1 heterocycles. The Balaban J connectivity index is 2.19. The molecule has 0 bridgehead atoms. The summed E-state index contributed by atoms with van der Waals surface area (Å²) in [6, 6.07) is 14.3. The number of aliphatic hydroxyl groups excluding tert-OH is 1. The van der Waals surface area contributed by atoms with Crippen LogP contribution in [0.15, 0.2) is 48.5 Å². The van der Waals surface area contributed by atoms with Crippen LogP contribution in [0.2, 0.25) is 0 Å². The van der Waals surface area contributed by atoms with Gasteiger partial charge in [0.25, 0.3) is 0 Å². The van der Waals surface area contributed by atoms with Gasteiger partial charge in [-0.3, -0.25) is 0 Å². The molecular formula is C18H12N2O3. The number of benzene rings is 3. The molecule has 4 aromatic rings. The maximum Gasteiger partial charge on any atom is 0.337 e. The van der Waals surface area contributed by atoms with Gasteiger partial charge < -0.3 is 10.2 Å². The summed E-state index contributed by atoms with van der Waals surface area (Å²) >= 11 is 0. The second kappa shape index (κ2) is 5.00. The molecule has 0 aliphatic heterocycles. The van der Waals surface area contributed by atoms with E-state index in [0.29, 0.717) is 22.1 Å². The van der Waals surface area contributed by atoms with E-state index in [1.807, 2.05) is 30.3 Å². The van der Waals surface area contributed by atoms with Gasteiger partial charge in [0.1, 0.15) is 5.52 Å². The number of nitrogens with zero attached hydrogens (tertiary/aromatic N) is 2. The van der Waals surface area contributed by atoms with Gasteiger partial charge in [-0.1, -0.05) is 30.3 Å². The third-order valence-electron chi connectivity index (χ3n) is 3.98. The minimum atomic E-state index is -1.03. The van der Waals surface area contributed by atoms with E-state index in [1.165, 1.54) is 6.07 Å². The number of hydrogen-bond donors (Lipinski definition) is 2. The molecule has 4 rings (SSSR count). The molecule has 5 nitrogen and oxygen atoms in total. The summed E-state index contributed by atoms with van der Waals surface area (Å²) in [5.74, 6) is -1.03. The van der Waals surface area contributed by atoms with E-state index >= 15 is 0 Å². The van der Waals surface area contributed by atoms with Crippen molar-refractivity contribution in [3.63, 3.8) is 0 Å². The van der Waals surface area contributed by atoms with E-state index < -0.39 is 5.97 Å². The van der Waals surface area contributed by atoms with Crippen molar-refractivity contribution < 1.29 is 15.0 Å². The van der Waals surface area contributed by atoms with Crippen molar-refractivity contribution in [1.82, 2.24) is 9.97 Å². The van der Waals surface area contributed by atoms with Crippen molar-refractivity contribution in [2.75, 3.05) is 0 Å². The molecular weight excluding hydrogens is 292 g/mol. The van der Waals surface area contributed by atoms with Crippen LogP contribution in [-0.2, 0) is 6.61 Å². The number of para-hydroxylation sites is 1. The fourth-order valence-electron chi connectivity index (χ4n) is 2.89. The molecule has 112 valence electrons. The molecule has 23 heavy (non-hydrogen) atoms. The molecule has 0 spiro atoms. The molecule has 0 saturated carbocycles. The van der Waals surface area contributed by atoms with Crippen LogP contribution in [0.3, 0.4) is 0 Å². The summed E-state index contributed by atoms with van der Waals surface area (Å²) in [5.41, 5.74) is 3.19. The van der Waals surface area contributed by atoms with Crippen LogP contribution >= 0.6 is 0 Å². The van der Waals surface area contributed by atoms with Crippen LogP contribution in [0.4, 0.5) is 0 Å². The van der Waals surface area contributed by atoms with Gasteiger partial charge in [-0.05, 0) is 29.1 Å². The number of aromatic nitrogens is 2. The number of aliphatic hydroxyl groups is 1. The van der Waals surface area contributed by atoms with Crippen LogP contribution in [0.1, 0.15) is 15.9 Å².